The van der Waals surface area contributed by atoms with Gasteiger partial charge < -0.3 is 19.9 Å². The summed E-state index contributed by atoms with van der Waals surface area (Å²) in [6, 6.07) is 7.60. The molecule has 2 amide bonds. The van der Waals surface area contributed by atoms with Gasteiger partial charge in [0.25, 0.3) is 0 Å². The molecule has 9 nitrogen and oxygen atoms in total. The van der Waals surface area contributed by atoms with Crippen molar-refractivity contribution < 1.29 is 14.3 Å². The van der Waals surface area contributed by atoms with E-state index in [0.29, 0.717) is 31.7 Å². The average molecular weight is 441 g/mol. The van der Waals surface area contributed by atoms with E-state index in [1.807, 2.05) is 49.9 Å². The van der Waals surface area contributed by atoms with Crippen molar-refractivity contribution in [3.05, 3.63) is 36.2 Å². The molecule has 2 N–H and O–H groups in total. The first-order valence-corrected chi connectivity index (χ1v) is 11.3. The van der Waals surface area contributed by atoms with E-state index in [1.54, 1.807) is 11.1 Å². The molecule has 0 aliphatic carbocycles. The third kappa shape index (κ3) is 5.20. The summed E-state index contributed by atoms with van der Waals surface area (Å²) < 4.78 is 5.46. The minimum Gasteiger partial charge on any atom is -0.444 e. The van der Waals surface area contributed by atoms with Crippen LogP contribution in [0.25, 0.3) is 0 Å². The summed E-state index contributed by atoms with van der Waals surface area (Å²) in [5.41, 5.74) is 0.418. The fourth-order valence-electron chi connectivity index (χ4n) is 4.36. The molecule has 0 bridgehead atoms. The van der Waals surface area contributed by atoms with Gasteiger partial charge in [-0.3, -0.25) is 9.89 Å². The highest BCUT2D eigenvalue weighted by atomic mass is 16.6. The zero-order chi connectivity index (χ0) is 22.7. The molecule has 0 saturated carbocycles. The number of amides is 2. The van der Waals surface area contributed by atoms with Crippen molar-refractivity contribution in [2.75, 3.05) is 25.0 Å². The monoisotopic (exact) mass is 440 g/mol. The Balaban J connectivity index is 1.35. The van der Waals surface area contributed by atoms with Crippen molar-refractivity contribution >= 4 is 23.6 Å². The van der Waals surface area contributed by atoms with Gasteiger partial charge in [0.05, 0.1) is 11.7 Å². The first kappa shape index (κ1) is 22.1. The number of pyridine rings is 1. The highest BCUT2D eigenvalue weighted by molar-refractivity contribution is 5.80. The van der Waals surface area contributed by atoms with Crippen LogP contribution in [0.2, 0.25) is 0 Å². The first-order chi connectivity index (χ1) is 15.3. The Kier molecular flexibility index (Phi) is 6.34. The first-order valence-electron chi connectivity index (χ1n) is 11.3. The number of carbonyl (C=O) groups excluding carboxylic acids is 2. The van der Waals surface area contributed by atoms with Gasteiger partial charge in [-0.25, -0.2) is 9.78 Å². The number of nitrogens with one attached hydrogen (secondary N) is 2. The summed E-state index contributed by atoms with van der Waals surface area (Å²) in [4.78, 5) is 33.6. The van der Waals surface area contributed by atoms with Gasteiger partial charge in [-0.05, 0) is 58.6 Å². The van der Waals surface area contributed by atoms with E-state index in [9.17, 15) is 9.59 Å². The SMILES string of the molecule is CC(C)(C)OC(=O)N1CCC(C(=O)N2CCCC2c2cc(Nc3ccccn3)n[nH]2)CC1. The van der Waals surface area contributed by atoms with Gasteiger partial charge in [-0.2, -0.15) is 5.10 Å². The standard InChI is InChI=1S/C23H32N6O3/c1-23(2,3)32-22(31)28-13-9-16(10-14-28)21(30)29-12-6-7-18(29)17-15-20(27-26-17)25-19-8-4-5-11-24-19/h4-5,8,11,15-16,18H,6-7,9-10,12-14H2,1-3H3,(H2,24,25,26,27). The predicted octanol–water partition coefficient (Wildman–Crippen LogP) is 3.86. The zero-order valence-electron chi connectivity index (χ0n) is 19.0. The second-order valence-electron chi connectivity index (χ2n) is 9.48. The Morgan fingerprint density at radius 2 is 1.91 bits per heavy atom. The van der Waals surface area contributed by atoms with Crippen molar-refractivity contribution in [1.29, 1.82) is 0 Å². The fourth-order valence-corrected chi connectivity index (χ4v) is 4.36. The summed E-state index contributed by atoms with van der Waals surface area (Å²) in [5.74, 6) is 1.51. The molecule has 0 spiro atoms. The predicted molar refractivity (Wildman–Crippen MR) is 120 cm³/mol. The topological polar surface area (TPSA) is 103 Å². The molecule has 1 atom stereocenters. The maximum absolute atomic E-state index is 13.3. The maximum Gasteiger partial charge on any atom is 0.410 e. The van der Waals surface area contributed by atoms with Crippen molar-refractivity contribution in [2.24, 2.45) is 5.92 Å². The van der Waals surface area contributed by atoms with Crippen LogP contribution in [0.15, 0.2) is 30.5 Å². The normalized spacial score (nSPS) is 19.8. The quantitative estimate of drug-likeness (QED) is 0.748. The summed E-state index contributed by atoms with van der Waals surface area (Å²) in [5, 5.41) is 10.6. The van der Waals surface area contributed by atoms with E-state index in [1.165, 1.54) is 0 Å². The molecule has 0 aromatic carbocycles. The second kappa shape index (κ2) is 9.18. The number of aromatic amines is 1. The number of nitrogens with zero attached hydrogens (tertiary/aromatic N) is 4. The lowest BCUT2D eigenvalue weighted by Gasteiger charge is -2.35. The van der Waals surface area contributed by atoms with Crippen LogP contribution in [0.4, 0.5) is 16.4 Å². The molecule has 2 saturated heterocycles. The Labute approximate surface area is 188 Å². The molecule has 2 fully saturated rings. The molecule has 9 heteroatoms. The minimum atomic E-state index is -0.513. The van der Waals surface area contributed by atoms with E-state index < -0.39 is 5.60 Å². The molecular formula is C23H32N6O3. The number of rotatable bonds is 4. The largest absolute Gasteiger partial charge is 0.444 e. The summed E-state index contributed by atoms with van der Waals surface area (Å²) in [6.45, 7) is 7.43. The number of carbonyl (C=O) groups is 2. The second-order valence-corrected chi connectivity index (χ2v) is 9.48. The highest BCUT2D eigenvalue weighted by Crippen LogP contribution is 2.35. The number of anilines is 2. The average Bonchev–Trinajstić information content (AvgIpc) is 3.42. The van der Waals surface area contributed by atoms with Crippen LogP contribution < -0.4 is 5.32 Å². The Hall–Kier alpha value is -3.10. The van der Waals surface area contributed by atoms with Gasteiger partial charge in [-0.15, -0.1) is 0 Å². The van der Waals surface area contributed by atoms with Crippen molar-refractivity contribution in [1.82, 2.24) is 25.0 Å². The number of H-pyrrole nitrogens is 1. The molecule has 1 unspecified atom stereocenters. The van der Waals surface area contributed by atoms with Crippen LogP contribution in [0.3, 0.4) is 0 Å². The third-order valence-electron chi connectivity index (χ3n) is 5.91. The van der Waals surface area contributed by atoms with E-state index in [0.717, 1.165) is 30.9 Å². The van der Waals surface area contributed by atoms with Crippen molar-refractivity contribution in [3.63, 3.8) is 0 Å². The molecule has 2 aromatic heterocycles. The number of hydrogen-bond donors (Lipinski definition) is 2. The van der Waals surface area contributed by atoms with E-state index in [4.69, 9.17) is 4.74 Å². The number of ether oxygens (including phenoxy) is 1. The van der Waals surface area contributed by atoms with Crippen LogP contribution in [-0.2, 0) is 9.53 Å². The lowest BCUT2D eigenvalue weighted by Crippen LogP contribution is -2.45. The summed E-state index contributed by atoms with van der Waals surface area (Å²) >= 11 is 0. The smallest absolute Gasteiger partial charge is 0.410 e. The van der Waals surface area contributed by atoms with Gasteiger partial charge in [0.1, 0.15) is 11.4 Å². The molecule has 172 valence electrons. The molecular weight excluding hydrogens is 408 g/mol. The molecule has 4 heterocycles. The van der Waals surface area contributed by atoms with E-state index in [-0.39, 0.29) is 24.0 Å². The molecule has 2 aliphatic heterocycles. The highest BCUT2D eigenvalue weighted by Gasteiger charge is 2.37. The Morgan fingerprint density at radius 1 is 1.12 bits per heavy atom. The lowest BCUT2D eigenvalue weighted by atomic mass is 9.95. The minimum absolute atomic E-state index is 0.00170. The number of likely N-dealkylation sites (tertiary alicyclic amines) is 2. The van der Waals surface area contributed by atoms with Gasteiger partial charge in [0.15, 0.2) is 5.82 Å². The van der Waals surface area contributed by atoms with Crippen LogP contribution in [0.5, 0.6) is 0 Å². The van der Waals surface area contributed by atoms with Crippen LogP contribution >= 0.6 is 0 Å². The lowest BCUT2D eigenvalue weighted by molar-refractivity contribution is -0.138. The van der Waals surface area contributed by atoms with E-state index in [2.05, 4.69) is 20.5 Å². The van der Waals surface area contributed by atoms with Gasteiger partial charge in [0, 0.05) is 37.8 Å². The molecule has 32 heavy (non-hydrogen) atoms. The van der Waals surface area contributed by atoms with Gasteiger partial charge in [0.2, 0.25) is 5.91 Å². The Bertz CT molecular complexity index is 931. The molecule has 4 rings (SSSR count). The van der Waals surface area contributed by atoms with E-state index >= 15 is 0 Å². The van der Waals surface area contributed by atoms with Gasteiger partial charge >= 0.3 is 6.09 Å². The zero-order valence-corrected chi connectivity index (χ0v) is 19.0. The molecule has 2 aliphatic rings. The fraction of sp³-hybridized carbons (Fsp3) is 0.565. The summed E-state index contributed by atoms with van der Waals surface area (Å²) in [7, 11) is 0. The number of piperidine rings is 1. The van der Waals surface area contributed by atoms with Crippen molar-refractivity contribution in [2.45, 2.75) is 58.1 Å². The number of aromatic nitrogens is 3. The Morgan fingerprint density at radius 3 is 2.59 bits per heavy atom. The van der Waals surface area contributed by atoms with Crippen LogP contribution in [0.1, 0.15) is 58.2 Å². The number of hydrogen-bond acceptors (Lipinski definition) is 6. The maximum atomic E-state index is 13.3. The summed E-state index contributed by atoms with van der Waals surface area (Å²) in [6.07, 6.45) is 4.63. The van der Waals surface area contributed by atoms with Crippen LogP contribution in [-0.4, -0.2) is 62.2 Å². The van der Waals surface area contributed by atoms with Gasteiger partial charge in [-0.1, -0.05) is 6.07 Å². The third-order valence-corrected chi connectivity index (χ3v) is 5.91. The van der Waals surface area contributed by atoms with Crippen molar-refractivity contribution in [3.8, 4) is 0 Å². The van der Waals surface area contributed by atoms with Crippen LogP contribution in [0, 0.1) is 5.92 Å². The molecule has 0 radical (unpaired) electrons. The molecule has 2 aromatic rings.